The van der Waals surface area contributed by atoms with Crippen LogP contribution in [0.15, 0.2) is 11.6 Å². The number of carboxylic acids is 1. The second kappa shape index (κ2) is 8.35. The van der Waals surface area contributed by atoms with Gasteiger partial charge in [0.25, 0.3) is 0 Å². The average molecular weight is 231 g/mol. The summed E-state index contributed by atoms with van der Waals surface area (Å²) >= 11 is 1.29. The molecule has 86 valence electrons. The second-order valence-electron chi connectivity index (χ2n) is 3.00. The summed E-state index contributed by atoms with van der Waals surface area (Å²) in [5, 5.41) is 11.1. The number of aliphatic carboxylic acids is 1. The lowest BCUT2D eigenvalue weighted by atomic mass is 10.2. The number of amides is 1. The first kappa shape index (κ1) is 14.0. The number of carbonyl (C=O) groups excluding carboxylic acids is 1. The molecule has 4 nitrogen and oxygen atoms in total. The number of rotatable bonds is 7. The third-order valence-corrected chi connectivity index (χ3v) is 2.57. The molecule has 0 heterocycles. The summed E-state index contributed by atoms with van der Waals surface area (Å²) in [4.78, 5) is 21.5. The van der Waals surface area contributed by atoms with Gasteiger partial charge in [-0.1, -0.05) is 13.0 Å². The number of allylic oxidation sites excluding steroid dienone is 1. The fourth-order valence-electron chi connectivity index (χ4n) is 0.935. The van der Waals surface area contributed by atoms with Gasteiger partial charge in [-0.25, -0.2) is 0 Å². The van der Waals surface area contributed by atoms with Gasteiger partial charge in [-0.15, -0.1) is 11.8 Å². The average Bonchev–Trinajstić information content (AvgIpc) is 2.16. The largest absolute Gasteiger partial charge is 0.481 e. The maximum atomic E-state index is 11.3. The molecule has 2 N–H and O–H groups in total. The van der Waals surface area contributed by atoms with Gasteiger partial charge in [0, 0.05) is 17.9 Å². The van der Waals surface area contributed by atoms with Gasteiger partial charge in [0.1, 0.15) is 0 Å². The molecule has 1 amide bonds. The molecule has 0 atom stereocenters. The molecule has 0 radical (unpaired) electrons. The smallest absolute Gasteiger partial charge is 0.313 e. The van der Waals surface area contributed by atoms with Crippen molar-refractivity contribution in [2.24, 2.45) is 0 Å². The standard InChI is InChI=1S/C10H17NO3S/c1-3-4-8(2)10(14)11-5-6-15-7-9(12)13/h4H,3,5-7H2,1-2H3,(H,11,14)(H,12,13)/b8-4-. The minimum Gasteiger partial charge on any atom is -0.481 e. The van der Waals surface area contributed by atoms with E-state index in [2.05, 4.69) is 5.32 Å². The van der Waals surface area contributed by atoms with E-state index < -0.39 is 5.97 Å². The Morgan fingerprint density at radius 3 is 2.67 bits per heavy atom. The van der Waals surface area contributed by atoms with Crippen molar-refractivity contribution in [2.75, 3.05) is 18.1 Å². The summed E-state index contributed by atoms with van der Waals surface area (Å²) in [5.41, 5.74) is 0.709. The van der Waals surface area contributed by atoms with Crippen LogP contribution >= 0.6 is 11.8 Å². The van der Waals surface area contributed by atoms with Gasteiger partial charge in [-0.3, -0.25) is 9.59 Å². The van der Waals surface area contributed by atoms with Crippen molar-refractivity contribution in [1.29, 1.82) is 0 Å². The van der Waals surface area contributed by atoms with Crippen molar-refractivity contribution >= 4 is 23.6 Å². The first-order valence-electron chi connectivity index (χ1n) is 4.82. The van der Waals surface area contributed by atoms with Crippen molar-refractivity contribution < 1.29 is 14.7 Å². The molecule has 0 aliphatic rings. The maximum Gasteiger partial charge on any atom is 0.313 e. The van der Waals surface area contributed by atoms with Gasteiger partial charge in [0.15, 0.2) is 0 Å². The highest BCUT2D eigenvalue weighted by atomic mass is 32.2. The number of hydrogen-bond acceptors (Lipinski definition) is 3. The lowest BCUT2D eigenvalue weighted by Gasteiger charge is -2.04. The predicted molar refractivity (Wildman–Crippen MR) is 62.0 cm³/mol. The molecule has 0 aromatic carbocycles. The highest BCUT2D eigenvalue weighted by Crippen LogP contribution is 1.98. The fraction of sp³-hybridized carbons (Fsp3) is 0.600. The summed E-state index contributed by atoms with van der Waals surface area (Å²) in [6, 6.07) is 0. The first-order valence-corrected chi connectivity index (χ1v) is 5.98. The zero-order valence-corrected chi connectivity index (χ0v) is 9.89. The molecule has 0 aliphatic heterocycles. The van der Waals surface area contributed by atoms with E-state index in [0.29, 0.717) is 17.9 Å². The molecule has 0 saturated heterocycles. The fourth-order valence-corrected chi connectivity index (χ4v) is 1.50. The van der Waals surface area contributed by atoms with Crippen LogP contribution in [0.4, 0.5) is 0 Å². The molecule has 0 spiro atoms. The van der Waals surface area contributed by atoms with Crippen LogP contribution in [0.25, 0.3) is 0 Å². The molecule has 0 aromatic rings. The normalized spacial score (nSPS) is 11.2. The van der Waals surface area contributed by atoms with E-state index in [1.165, 1.54) is 11.8 Å². The molecule has 0 aliphatic carbocycles. The van der Waals surface area contributed by atoms with Crippen LogP contribution in [0.1, 0.15) is 20.3 Å². The van der Waals surface area contributed by atoms with Gasteiger partial charge in [-0.2, -0.15) is 0 Å². The van der Waals surface area contributed by atoms with Gasteiger partial charge < -0.3 is 10.4 Å². The summed E-state index contributed by atoms with van der Waals surface area (Å²) < 4.78 is 0. The molecule has 0 rings (SSSR count). The monoisotopic (exact) mass is 231 g/mol. The Morgan fingerprint density at radius 2 is 2.13 bits per heavy atom. The van der Waals surface area contributed by atoms with E-state index in [1.54, 1.807) is 6.92 Å². The molecule has 15 heavy (non-hydrogen) atoms. The number of carbonyl (C=O) groups is 2. The molecule has 0 bridgehead atoms. The minimum absolute atomic E-state index is 0.0761. The molecule has 0 saturated carbocycles. The van der Waals surface area contributed by atoms with Gasteiger partial charge in [0.05, 0.1) is 5.75 Å². The van der Waals surface area contributed by atoms with Crippen LogP contribution in [-0.4, -0.2) is 35.0 Å². The third kappa shape index (κ3) is 8.05. The quantitative estimate of drug-likeness (QED) is 0.511. The van der Waals surface area contributed by atoms with Crippen LogP contribution in [0.3, 0.4) is 0 Å². The molecule has 0 aromatic heterocycles. The van der Waals surface area contributed by atoms with Gasteiger partial charge in [-0.05, 0) is 13.3 Å². The van der Waals surface area contributed by atoms with E-state index in [-0.39, 0.29) is 11.7 Å². The Balaban J connectivity index is 3.55. The van der Waals surface area contributed by atoms with Crippen molar-refractivity contribution in [1.82, 2.24) is 5.32 Å². The van der Waals surface area contributed by atoms with Crippen molar-refractivity contribution in [3.05, 3.63) is 11.6 Å². The van der Waals surface area contributed by atoms with E-state index in [4.69, 9.17) is 5.11 Å². The van der Waals surface area contributed by atoms with Crippen LogP contribution < -0.4 is 5.32 Å². The second-order valence-corrected chi connectivity index (χ2v) is 4.10. The topological polar surface area (TPSA) is 66.4 Å². The summed E-state index contributed by atoms with van der Waals surface area (Å²) in [5.74, 6) is -0.196. The van der Waals surface area contributed by atoms with Crippen molar-refractivity contribution in [3.63, 3.8) is 0 Å². The lowest BCUT2D eigenvalue weighted by Crippen LogP contribution is -2.26. The van der Waals surface area contributed by atoms with Crippen molar-refractivity contribution in [3.8, 4) is 0 Å². The molecular formula is C10H17NO3S. The predicted octanol–water partition coefficient (Wildman–Crippen LogP) is 1.28. The molecule has 0 fully saturated rings. The van der Waals surface area contributed by atoms with Crippen LogP contribution in [-0.2, 0) is 9.59 Å². The van der Waals surface area contributed by atoms with Gasteiger partial charge in [0.2, 0.25) is 5.91 Å². The van der Waals surface area contributed by atoms with Crippen LogP contribution in [0, 0.1) is 0 Å². The Morgan fingerprint density at radius 1 is 1.47 bits per heavy atom. The number of nitrogens with one attached hydrogen (secondary N) is 1. The zero-order chi connectivity index (χ0) is 11.7. The van der Waals surface area contributed by atoms with E-state index in [9.17, 15) is 9.59 Å². The van der Waals surface area contributed by atoms with E-state index in [1.807, 2.05) is 13.0 Å². The minimum atomic E-state index is -0.826. The zero-order valence-electron chi connectivity index (χ0n) is 9.08. The summed E-state index contributed by atoms with van der Waals surface area (Å²) in [6.45, 7) is 4.24. The molecule has 5 heteroatoms. The Kier molecular flexibility index (Phi) is 7.81. The first-order chi connectivity index (χ1) is 7.07. The van der Waals surface area contributed by atoms with Crippen molar-refractivity contribution in [2.45, 2.75) is 20.3 Å². The molecule has 0 unspecified atom stereocenters. The number of carboxylic acid groups (broad SMARTS) is 1. The van der Waals surface area contributed by atoms with Crippen LogP contribution in [0.2, 0.25) is 0 Å². The van der Waals surface area contributed by atoms with Crippen LogP contribution in [0.5, 0.6) is 0 Å². The van der Waals surface area contributed by atoms with E-state index in [0.717, 1.165) is 6.42 Å². The lowest BCUT2D eigenvalue weighted by molar-refractivity contribution is -0.133. The van der Waals surface area contributed by atoms with Gasteiger partial charge >= 0.3 is 5.97 Å². The Hall–Kier alpha value is -0.970. The summed E-state index contributed by atoms with van der Waals surface area (Å²) in [6.07, 6.45) is 2.70. The third-order valence-electron chi connectivity index (χ3n) is 1.63. The highest BCUT2D eigenvalue weighted by Gasteiger charge is 2.02. The van der Waals surface area contributed by atoms with E-state index >= 15 is 0 Å². The summed E-state index contributed by atoms with van der Waals surface area (Å²) in [7, 11) is 0. The highest BCUT2D eigenvalue weighted by molar-refractivity contribution is 7.99. The molecular weight excluding hydrogens is 214 g/mol. The number of thioether (sulfide) groups is 1. The Labute approximate surface area is 94.1 Å². The number of hydrogen-bond donors (Lipinski definition) is 2. The SMILES string of the molecule is CC/C=C(/C)C(=O)NCCSCC(=O)O. The Bertz CT molecular complexity index is 251. The maximum absolute atomic E-state index is 11.3.